The zero-order chi connectivity index (χ0) is 17.2. The molecule has 0 radical (unpaired) electrons. The Morgan fingerprint density at radius 2 is 1.88 bits per heavy atom. The molecule has 1 saturated carbocycles. The molecule has 1 aromatic heterocycles. The first-order valence-corrected chi connectivity index (χ1v) is 7.84. The summed E-state index contributed by atoms with van der Waals surface area (Å²) in [5.41, 5.74) is -0.861. The lowest BCUT2D eigenvalue weighted by molar-refractivity contribution is 0.0448. The molecule has 0 atom stereocenters. The van der Waals surface area contributed by atoms with Gasteiger partial charge in [-0.1, -0.05) is 12.8 Å². The number of aliphatic hydroxyl groups is 1. The normalized spacial score (nSPS) is 16.1. The van der Waals surface area contributed by atoms with Crippen LogP contribution in [0.2, 0.25) is 0 Å². The van der Waals surface area contributed by atoms with Gasteiger partial charge in [0.1, 0.15) is 11.5 Å². The number of aromatic nitrogens is 2. The largest absolute Gasteiger partial charge is 0.388 e. The molecule has 24 heavy (non-hydrogen) atoms. The fourth-order valence-electron chi connectivity index (χ4n) is 2.84. The standard InChI is InChI=1S/C17H18FN3O3/c18-12-3-5-13(6-4-12)21-15(22)8-7-14(20-21)16(23)19-11-17(24)9-1-2-10-17/h3-8,24H,1-2,9-11H2,(H,19,23). The van der Waals surface area contributed by atoms with E-state index in [0.717, 1.165) is 17.5 Å². The van der Waals surface area contributed by atoms with Crippen molar-refractivity contribution >= 4 is 5.91 Å². The van der Waals surface area contributed by atoms with Crippen molar-refractivity contribution in [3.63, 3.8) is 0 Å². The highest BCUT2D eigenvalue weighted by molar-refractivity contribution is 5.92. The van der Waals surface area contributed by atoms with Crippen LogP contribution in [0.3, 0.4) is 0 Å². The van der Waals surface area contributed by atoms with E-state index in [1.165, 1.54) is 36.4 Å². The minimum atomic E-state index is -0.860. The highest BCUT2D eigenvalue weighted by atomic mass is 19.1. The Hall–Kier alpha value is -2.54. The second kappa shape index (κ2) is 6.52. The number of halogens is 1. The van der Waals surface area contributed by atoms with Crippen molar-refractivity contribution in [3.05, 3.63) is 58.3 Å². The van der Waals surface area contributed by atoms with Gasteiger partial charge in [0.2, 0.25) is 0 Å². The molecule has 1 heterocycles. The Morgan fingerprint density at radius 3 is 2.54 bits per heavy atom. The van der Waals surface area contributed by atoms with Gasteiger partial charge in [-0.3, -0.25) is 9.59 Å². The van der Waals surface area contributed by atoms with Gasteiger partial charge in [-0.25, -0.2) is 4.39 Å². The number of hydrogen-bond donors (Lipinski definition) is 2. The molecule has 1 fully saturated rings. The lowest BCUT2D eigenvalue weighted by Gasteiger charge is -2.22. The minimum absolute atomic E-state index is 0.0560. The second-order valence-electron chi connectivity index (χ2n) is 6.06. The van der Waals surface area contributed by atoms with Crippen molar-refractivity contribution in [2.24, 2.45) is 0 Å². The molecular formula is C17H18FN3O3. The van der Waals surface area contributed by atoms with Crippen LogP contribution in [0, 0.1) is 5.82 Å². The monoisotopic (exact) mass is 331 g/mol. The van der Waals surface area contributed by atoms with Crippen LogP contribution >= 0.6 is 0 Å². The Bertz CT molecular complexity index is 795. The molecule has 1 aliphatic carbocycles. The van der Waals surface area contributed by atoms with Crippen LogP contribution in [-0.4, -0.2) is 32.9 Å². The number of carbonyl (C=O) groups is 1. The van der Waals surface area contributed by atoms with Gasteiger partial charge < -0.3 is 10.4 Å². The van der Waals surface area contributed by atoms with E-state index < -0.39 is 22.9 Å². The van der Waals surface area contributed by atoms with Crippen molar-refractivity contribution < 1.29 is 14.3 Å². The minimum Gasteiger partial charge on any atom is -0.388 e. The molecule has 7 heteroatoms. The lowest BCUT2D eigenvalue weighted by atomic mass is 10.0. The highest BCUT2D eigenvalue weighted by Crippen LogP contribution is 2.28. The number of nitrogens with one attached hydrogen (secondary N) is 1. The molecule has 0 aliphatic heterocycles. The van der Waals surface area contributed by atoms with Crippen LogP contribution < -0.4 is 10.9 Å². The summed E-state index contributed by atoms with van der Waals surface area (Å²) in [6, 6.07) is 7.81. The molecule has 2 aromatic rings. The van der Waals surface area contributed by atoms with E-state index in [1.807, 2.05) is 0 Å². The van der Waals surface area contributed by atoms with Gasteiger partial charge >= 0.3 is 0 Å². The van der Waals surface area contributed by atoms with Crippen LogP contribution in [0.25, 0.3) is 5.69 Å². The molecule has 6 nitrogen and oxygen atoms in total. The van der Waals surface area contributed by atoms with Gasteiger partial charge in [0.15, 0.2) is 0 Å². The topological polar surface area (TPSA) is 84.2 Å². The zero-order valence-electron chi connectivity index (χ0n) is 13.0. The number of rotatable bonds is 4. The van der Waals surface area contributed by atoms with Crippen LogP contribution in [0.15, 0.2) is 41.2 Å². The summed E-state index contributed by atoms with van der Waals surface area (Å²) in [5.74, 6) is -0.892. The first-order chi connectivity index (χ1) is 11.5. The fourth-order valence-corrected chi connectivity index (χ4v) is 2.84. The van der Waals surface area contributed by atoms with Gasteiger partial charge in [-0.2, -0.15) is 9.78 Å². The van der Waals surface area contributed by atoms with Crippen LogP contribution in [-0.2, 0) is 0 Å². The summed E-state index contributed by atoms with van der Waals surface area (Å²) < 4.78 is 14.0. The molecular weight excluding hydrogens is 313 g/mol. The maximum Gasteiger partial charge on any atom is 0.271 e. The van der Waals surface area contributed by atoms with E-state index in [1.54, 1.807) is 0 Å². The molecule has 0 saturated heterocycles. The van der Waals surface area contributed by atoms with E-state index >= 15 is 0 Å². The molecule has 0 spiro atoms. The number of carbonyl (C=O) groups excluding carboxylic acids is 1. The van der Waals surface area contributed by atoms with Gasteiger partial charge in [-0.05, 0) is 43.2 Å². The van der Waals surface area contributed by atoms with E-state index in [0.29, 0.717) is 18.5 Å². The second-order valence-corrected chi connectivity index (χ2v) is 6.06. The first-order valence-electron chi connectivity index (χ1n) is 7.84. The number of benzene rings is 1. The fraction of sp³-hybridized carbons (Fsp3) is 0.353. The predicted molar refractivity (Wildman–Crippen MR) is 85.5 cm³/mol. The summed E-state index contributed by atoms with van der Waals surface area (Å²) in [6.07, 6.45) is 3.21. The van der Waals surface area contributed by atoms with Crippen molar-refractivity contribution in [3.8, 4) is 5.69 Å². The average molecular weight is 331 g/mol. The molecule has 1 aliphatic rings. The summed E-state index contributed by atoms with van der Waals surface area (Å²) in [7, 11) is 0. The summed E-state index contributed by atoms with van der Waals surface area (Å²) >= 11 is 0. The summed E-state index contributed by atoms with van der Waals surface area (Å²) in [5, 5.41) is 17.0. The van der Waals surface area contributed by atoms with Crippen LogP contribution in [0.1, 0.15) is 36.2 Å². The molecule has 1 amide bonds. The molecule has 0 unspecified atom stereocenters. The Labute approximate surface area is 137 Å². The smallest absolute Gasteiger partial charge is 0.271 e. The highest BCUT2D eigenvalue weighted by Gasteiger charge is 2.31. The third-order valence-electron chi connectivity index (χ3n) is 4.22. The average Bonchev–Trinajstić information content (AvgIpc) is 3.01. The van der Waals surface area contributed by atoms with Crippen molar-refractivity contribution in [1.29, 1.82) is 0 Å². The zero-order valence-corrected chi connectivity index (χ0v) is 13.0. The van der Waals surface area contributed by atoms with Crippen molar-refractivity contribution in [2.75, 3.05) is 6.54 Å². The van der Waals surface area contributed by atoms with Gasteiger partial charge in [0.25, 0.3) is 11.5 Å². The maximum absolute atomic E-state index is 13.0. The third-order valence-corrected chi connectivity index (χ3v) is 4.22. The SMILES string of the molecule is O=C(NCC1(O)CCCC1)c1ccc(=O)n(-c2ccc(F)cc2)n1. The van der Waals surface area contributed by atoms with E-state index in [2.05, 4.69) is 10.4 Å². The number of nitrogens with zero attached hydrogens (tertiary/aromatic N) is 2. The molecule has 126 valence electrons. The van der Waals surface area contributed by atoms with Crippen molar-refractivity contribution in [2.45, 2.75) is 31.3 Å². The quantitative estimate of drug-likeness (QED) is 0.887. The number of amides is 1. The van der Waals surface area contributed by atoms with Crippen LogP contribution in [0.5, 0.6) is 0 Å². The predicted octanol–water partition coefficient (Wildman–Crippen LogP) is 1.41. The Morgan fingerprint density at radius 1 is 1.21 bits per heavy atom. The molecule has 0 bridgehead atoms. The maximum atomic E-state index is 13.0. The lowest BCUT2D eigenvalue weighted by Crippen LogP contribution is -2.41. The first kappa shape index (κ1) is 16.3. The Balaban J connectivity index is 1.78. The van der Waals surface area contributed by atoms with Gasteiger partial charge in [-0.15, -0.1) is 0 Å². The summed E-state index contributed by atoms with van der Waals surface area (Å²) in [6.45, 7) is 0.156. The van der Waals surface area contributed by atoms with Crippen LogP contribution in [0.4, 0.5) is 4.39 Å². The van der Waals surface area contributed by atoms with Gasteiger partial charge in [0, 0.05) is 12.6 Å². The molecule has 3 rings (SSSR count). The molecule has 2 N–H and O–H groups in total. The van der Waals surface area contributed by atoms with E-state index in [-0.39, 0.29) is 12.2 Å². The number of hydrogen-bond acceptors (Lipinski definition) is 4. The van der Waals surface area contributed by atoms with Gasteiger partial charge in [0.05, 0.1) is 11.3 Å². The van der Waals surface area contributed by atoms with Crippen molar-refractivity contribution in [1.82, 2.24) is 15.1 Å². The molecule has 1 aromatic carbocycles. The Kier molecular flexibility index (Phi) is 4.44. The van der Waals surface area contributed by atoms with E-state index in [9.17, 15) is 19.1 Å². The third kappa shape index (κ3) is 3.51. The summed E-state index contributed by atoms with van der Waals surface area (Å²) in [4.78, 5) is 24.2. The van der Waals surface area contributed by atoms with E-state index in [4.69, 9.17) is 0 Å².